The normalized spacial score (nSPS) is 10.8. The predicted molar refractivity (Wildman–Crippen MR) is 103 cm³/mol. The maximum atomic E-state index is 12.3. The van der Waals surface area contributed by atoms with E-state index in [0.717, 1.165) is 21.7 Å². The van der Waals surface area contributed by atoms with Gasteiger partial charge in [-0.25, -0.2) is 8.42 Å². The van der Waals surface area contributed by atoms with E-state index in [0.29, 0.717) is 5.69 Å². The van der Waals surface area contributed by atoms with Crippen LogP contribution in [0.3, 0.4) is 0 Å². The van der Waals surface area contributed by atoms with Gasteiger partial charge >= 0.3 is 0 Å². The van der Waals surface area contributed by atoms with Crippen LogP contribution in [0.5, 0.6) is 0 Å². The highest BCUT2D eigenvalue weighted by Crippen LogP contribution is 2.23. The van der Waals surface area contributed by atoms with Gasteiger partial charge in [-0.1, -0.05) is 29.8 Å². The second kappa shape index (κ2) is 8.02. The van der Waals surface area contributed by atoms with E-state index < -0.39 is 10.0 Å². The number of nitriles is 1. The number of hydrogen-bond donors (Lipinski definition) is 1. The maximum absolute atomic E-state index is 12.3. The molecule has 0 aliphatic carbocycles. The summed E-state index contributed by atoms with van der Waals surface area (Å²) in [5.41, 5.74) is 3.25. The van der Waals surface area contributed by atoms with Crippen molar-refractivity contribution in [2.24, 2.45) is 0 Å². The number of para-hydroxylation sites is 1. The Hall–Kier alpha value is -2.85. The largest absolute Gasteiger partial charge is 0.326 e. The minimum absolute atomic E-state index is 0.0276. The average Bonchev–Trinajstić information content (AvgIpc) is 2.57. The molecule has 2 rings (SSSR count). The number of carbonyl (C=O) groups is 1. The Kier molecular flexibility index (Phi) is 6.01. The van der Waals surface area contributed by atoms with Crippen LogP contribution in [-0.2, 0) is 14.8 Å². The van der Waals surface area contributed by atoms with Gasteiger partial charge in [0.15, 0.2) is 0 Å². The van der Waals surface area contributed by atoms with Crippen molar-refractivity contribution in [2.45, 2.75) is 20.3 Å². The number of nitrogens with zero attached hydrogens (tertiary/aromatic N) is 2. The van der Waals surface area contributed by atoms with Gasteiger partial charge in [-0.15, -0.1) is 0 Å². The molecule has 2 aromatic rings. The molecule has 0 bridgehead atoms. The summed E-state index contributed by atoms with van der Waals surface area (Å²) < 4.78 is 25.4. The molecule has 0 saturated heterocycles. The standard InChI is InChI=1S/C19H21N3O3S/c1-14-8-9-17(15(2)12-14)21-19(23)10-11-22(26(3,24)25)18-7-5-4-6-16(18)13-20/h4-9,12H,10-11H2,1-3H3,(H,21,23). The second-order valence-electron chi connectivity index (χ2n) is 6.08. The Bertz CT molecular complexity index is 962. The first-order chi connectivity index (χ1) is 12.2. The van der Waals surface area contributed by atoms with Gasteiger partial charge in [0.05, 0.1) is 17.5 Å². The summed E-state index contributed by atoms with van der Waals surface area (Å²) in [6, 6.07) is 14.1. The number of rotatable bonds is 6. The van der Waals surface area contributed by atoms with Crippen molar-refractivity contribution in [3.63, 3.8) is 0 Å². The van der Waals surface area contributed by atoms with Gasteiger partial charge in [-0.2, -0.15) is 5.26 Å². The SMILES string of the molecule is Cc1ccc(NC(=O)CCN(c2ccccc2C#N)S(C)(=O)=O)c(C)c1. The Morgan fingerprint density at radius 1 is 1.19 bits per heavy atom. The molecule has 0 heterocycles. The first-order valence-corrected chi connectivity index (χ1v) is 9.91. The first-order valence-electron chi connectivity index (χ1n) is 8.06. The van der Waals surface area contributed by atoms with Gasteiger partial charge in [-0.3, -0.25) is 9.10 Å². The lowest BCUT2D eigenvalue weighted by molar-refractivity contribution is -0.116. The van der Waals surface area contributed by atoms with Crippen molar-refractivity contribution in [1.82, 2.24) is 0 Å². The molecular weight excluding hydrogens is 350 g/mol. The molecule has 2 aromatic carbocycles. The van der Waals surface area contributed by atoms with Crippen LogP contribution in [0, 0.1) is 25.2 Å². The fourth-order valence-corrected chi connectivity index (χ4v) is 3.56. The van der Waals surface area contributed by atoms with Crippen LogP contribution >= 0.6 is 0 Å². The fraction of sp³-hybridized carbons (Fsp3) is 0.263. The summed E-state index contributed by atoms with van der Waals surface area (Å²) in [6.45, 7) is 3.82. The first kappa shape index (κ1) is 19.5. The lowest BCUT2D eigenvalue weighted by Crippen LogP contribution is -2.33. The average molecular weight is 371 g/mol. The van der Waals surface area contributed by atoms with Crippen molar-refractivity contribution < 1.29 is 13.2 Å². The summed E-state index contributed by atoms with van der Waals surface area (Å²) in [4.78, 5) is 12.3. The summed E-state index contributed by atoms with van der Waals surface area (Å²) in [5, 5.41) is 12.0. The molecular formula is C19H21N3O3S. The highest BCUT2D eigenvalue weighted by molar-refractivity contribution is 7.92. The number of aryl methyl sites for hydroxylation is 2. The van der Waals surface area contributed by atoms with E-state index in [4.69, 9.17) is 0 Å². The van der Waals surface area contributed by atoms with Gasteiger partial charge in [0.1, 0.15) is 6.07 Å². The third-order valence-electron chi connectivity index (χ3n) is 3.89. The van der Waals surface area contributed by atoms with Crippen molar-refractivity contribution in [3.05, 3.63) is 59.2 Å². The smallest absolute Gasteiger partial charge is 0.232 e. The van der Waals surface area contributed by atoms with E-state index in [-0.39, 0.29) is 30.1 Å². The van der Waals surface area contributed by atoms with Gasteiger partial charge in [-0.05, 0) is 37.6 Å². The summed E-state index contributed by atoms with van der Waals surface area (Å²) in [6.07, 6.45) is 1.03. The van der Waals surface area contributed by atoms with Gasteiger partial charge in [0, 0.05) is 18.7 Å². The minimum atomic E-state index is -3.63. The van der Waals surface area contributed by atoms with Crippen LogP contribution in [0.2, 0.25) is 0 Å². The predicted octanol–water partition coefficient (Wildman–Crippen LogP) is 2.97. The van der Waals surface area contributed by atoms with Crippen LogP contribution < -0.4 is 9.62 Å². The monoisotopic (exact) mass is 371 g/mol. The molecule has 0 spiro atoms. The van der Waals surface area contributed by atoms with Crippen molar-refractivity contribution in [2.75, 3.05) is 22.4 Å². The highest BCUT2D eigenvalue weighted by atomic mass is 32.2. The van der Waals surface area contributed by atoms with Crippen LogP contribution in [0.15, 0.2) is 42.5 Å². The lowest BCUT2D eigenvalue weighted by Gasteiger charge is -2.23. The number of nitrogens with one attached hydrogen (secondary N) is 1. The molecule has 0 aliphatic heterocycles. The molecule has 0 saturated carbocycles. The molecule has 0 atom stereocenters. The summed E-state index contributed by atoms with van der Waals surface area (Å²) >= 11 is 0. The minimum Gasteiger partial charge on any atom is -0.326 e. The quantitative estimate of drug-likeness (QED) is 0.845. The lowest BCUT2D eigenvalue weighted by atomic mass is 10.1. The van der Waals surface area contributed by atoms with Crippen LogP contribution in [0.4, 0.5) is 11.4 Å². The molecule has 0 unspecified atom stereocenters. The molecule has 0 radical (unpaired) electrons. The van der Waals surface area contributed by atoms with Gasteiger partial charge in [0.25, 0.3) is 0 Å². The van der Waals surface area contributed by atoms with Gasteiger partial charge < -0.3 is 5.32 Å². The molecule has 6 nitrogen and oxygen atoms in total. The molecule has 1 N–H and O–H groups in total. The third kappa shape index (κ3) is 4.83. The number of amides is 1. The summed E-state index contributed by atoms with van der Waals surface area (Å²) in [7, 11) is -3.63. The van der Waals surface area contributed by atoms with Crippen molar-refractivity contribution in [3.8, 4) is 6.07 Å². The molecule has 0 aromatic heterocycles. The van der Waals surface area contributed by atoms with E-state index >= 15 is 0 Å². The van der Waals surface area contributed by atoms with Crippen molar-refractivity contribution >= 4 is 27.3 Å². The third-order valence-corrected chi connectivity index (χ3v) is 5.07. The Balaban J connectivity index is 2.15. The Morgan fingerprint density at radius 2 is 1.88 bits per heavy atom. The summed E-state index contributed by atoms with van der Waals surface area (Å²) in [5.74, 6) is -0.292. The molecule has 1 amide bonds. The number of sulfonamides is 1. The zero-order valence-corrected chi connectivity index (χ0v) is 15.8. The van der Waals surface area contributed by atoms with Crippen LogP contribution in [-0.4, -0.2) is 27.1 Å². The van der Waals surface area contributed by atoms with E-state index in [2.05, 4.69) is 5.32 Å². The zero-order chi connectivity index (χ0) is 19.3. The topological polar surface area (TPSA) is 90.3 Å². The number of carbonyl (C=O) groups excluding carboxylic acids is 1. The fourth-order valence-electron chi connectivity index (χ4n) is 2.62. The molecule has 136 valence electrons. The number of anilines is 2. The van der Waals surface area contributed by atoms with E-state index in [1.165, 1.54) is 0 Å². The van der Waals surface area contributed by atoms with E-state index in [1.54, 1.807) is 24.3 Å². The van der Waals surface area contributed by atoms with E-state index in [1.807, 2.05) is 38.1 Å². The molecule has 0 fully saturated rings. The maximum Gasteiger partial charge on any atom is 0.232 e. The Labute approximate surface area is 154 Å². The molecule has 7 heteroatoms. The van der Waals surface area contributed by atoms with E-state index in [9.17, 15) is 18.5 Å². The van der Waals surface area contributed by atoms with Crippen molar-refractivity contribution in [1.29, 1.82) is 5.26 Å². The van der Waals surface area contributed by atoms with Crippen LogP contribution in [0.25, 0.3) is 0 Å². The number of benzene rings is 2. The molecule has 26 heavy (non-hydrogen) atoms. The Morgan fingerprint density at radius 3 is 2.50 bits per heavy atom. The zero-order valence-electron chi connectivity index (χ0n) is 15.0. The number of hydrogen-bond acceptors (Lipinski definition) is 4. The van der Waals surface area contributed by atoms with Gasteiger partial charge in [0.2, 0.25) is 15.9 Å². The molecule has 0 aliphatic rings. The second-order valence-corrected chi connectivity index (χ2v) is 7.99. The highest BCUT2D eigenvalue weighted by Gasteiger charge is 2.21. The van der Waals surface area contributed by atoms with Crippen LogP contribution in [0.1, 0.15) is 23.1 Å².